The molecule has 0 aliphatic heterocycles. The SMILES string of the molecule is Cc1ccc(-c2cn(C(=O)NCCC3(C(F)(F)F)CC3)cn2)cn1. The van der Waals surface area contributed by atoms with Crippen LogP contribution in [0.2, 0.25) is 0 Å². The fourth-order valence-corrected chi connectivity index (χ4v) is 2.53. The van der Waals surface area contributed by atoms with E-state index in [1.165, 1.54) is 17.1 Å². The fraction of sp³-hybridized carbons (Fsp3) is 0.438. The number of hydrogen-bond donors (Lipinski definition) is 1. The predicted octanol–water partition coefficient (Wildman–Crippen LogP) is 3.54. The minimum Gasteiger partial charge on any atom is -0.337 e. The second kappa shape index (κ2) is 5.92. The van der Waals surface area contributed by atoms with Crippen LogP contribution >= 0.6 is 0 Å². The second-order valence-electron chi connectivity index (χ2n) is 6.11. The van der Waals surface area contributed by atoms with E-state index in [0.717, 1.165) is 11.3 Å². The highest BCUT2D eigenvalue weighted by atomic mass is 19.4. The van der Waals surface area contributed by atoms with Gasteiger partial charge < -0.3 is 5.32 Å². The van der Waals surface area contributed by atoms with Crippen molar-refractivity contribution in [3.05, 3.63) is 36.5 Å². The van der Waals surface area contributed by atoms with Gasteiger partial charge in [-0.15, -0.1) is 0 Å². The summed E-state index contributed by atoms with van der Waals surface area (Å²) in [4.78, 5) is 20.3. The van der Waals surface area contributed by atoms with Crippen molar-refractivity contribution >= 4 is 6.03 Å². The van der Waals surface area contributed by atoms with Crippen molar-refractivity contribution in [1.29, 1.82) is 0 Å². The lowest BCUT2D eigenvalue weighted by Gasteiger charge is -2.18. The molecule has 128 valence electrons. The Kier molecular flexibility index (Phi) is 4.06. The zero-order valence-electron chi connectivity index (χ0n) is 13.1. The van der Waals surface area contributed by atoms with Gasteiger partial charge in [0.1, 0.15) is 6.33 Å². The van der Waals surface area contributed by atoms with Crippen LogP contribution in [0.15, 0.2) is 30.9 Å². The van der Waals surface area contributed by atoms with Crippen molar-refractivity contribution < 1.29 is 18.0 Å². The maximum atomic E-state index is 12.8. The highest BCUT2D eigenvalue weighted by molar-refractivity contribution is 5.77. The number of nitrogens with one attached hydrogen (secondary N) is 1. The van der Waals surface area contributed by atoms with Crippen LogP contribution in [-0.4, -0.2) is 33.3 Å². The zero-order valence-corrected chi connectivity index (χ0v) is 13.1. The average molecular weight is 338 g/mol. The number of imidazole rings is 1. The van der Waals surface area contributed by atoms with Gasteiger partial charge >= 0.3 is 12.2 Å². The monoisotopic (exact) mass is 338 g/mol. The van der Waals surface area contributed by atoms with Crippen molar-refractivity contribution in [2.75, 3.05) is 6.54 Å². The number of aromatic nitrogens is 3. The molecule has 1 amide bonds. The molecule has 1 fully saturated rings. The summed E-state index contributed by atoms with van der Waals surface area (Å²) in [6, 6.07) is 3.18. The Morgan fingerprint density at radius 3 is 2.67 bits per heavy atom. The Labute approximate surface area is 136 Å². The molecule has 0 radical (unpaired) electrons. The van der Waals surface area contributed by atoms with Crippen LogP contribution in [0.1, 0.15) is 25.0 Å². The van der Waals surface area contributed by atoms with E-state index in [2.05, 4.69) is 15.3 Å². The molecular formula is C16H17F3N4O. The van der Waals surface area contributed by atoms with Crippen molar-refractivity contribution in [3.63, 3.8) is 0 Å². The second-order valence-corrected chi connectivity index (χ2v) is 6.11. The third-order valence-electron chi connectivity index (χ3n) is 4.36. The summed E-state index contributed by atoms with van der Waals surface area (Å²) in [5.74, 6) is 0. The van der Waals surface area contributed by atoms with E-state index in [1.807, 2.05) is 19.1 Å². The molecule has 2 aromatic rings. The van der Waals surface area contributed by atoms with Crippen LogP contribution in [0.5, 0.6) is 0 Å². The molecule has 2 heterocycles. The molecule has 1 saturated carbocycles. The number of pyridine rings is 1. The van der Waals surface area contributed by atoms with Crippen LogP contribution in [-0.2, 0) is 0 Å². The van der Waals surface area contributed by atoms with Crippen molar-refractivity contribution in [1.82, 2.24) is 19.9 Å². The number of amides is 1. The van der Waals surface area contributed by atoms with Crippen molar-refractivity contribution in [2.45, 2.75) is 32.4 Å². The molecule has 3 rings (SSSR count). The Morgan fingerprint density at radius 2 is 2.08 bits per heavy atom. The van der Waals surface area contributed by atoms with Crippen molar-refractivity contribution in [3.8, 4) is 11.3 Å². The van der Waals surface area contributed by atoms with Gasteiger partial charge in [-0.25, -0.2) is 9.78 Å². The lowest BCUT2D eigenvalue weighted by molar-refractivity contribution is -0.188. The summed E-state index contributed by atoms with van der Waals surface area (Å²) in [7, 11) is 0. The smallest absolute Gasteiger partial charge is 0.337 e. The third kappa shape index (κ3) is 3.27. The normalized spacial score (nSPS) is 16.0. The number of alkyl halides is 3. The third-order valence-corrected chi connectivity index (χ3v) is 4.36. The van der Waals surface area contributed by atoms with E-state index < -0.39 is 17.6 Å². The maximum Gasteiger partial charge on any atom is 0.394 e. The van der Waals surface area contributed by atoms with E-state index in [1.54, 1.807) is 6.20 Å². The number of carbonyl (C=O) groups is 1. The summed E-state index contributed by atoms with van der Waals surface area (Å²) >= 11 is 0. The van der Waals surface area contributed by atoms with Gasteiger partial charge in [0.2, 0.25) is 0 Å². The first-order chi connectivity index (χ1) is 11.3. The minimum absolute atomic E-state index is 0.0159. The first kappa shape index (κ1) is 16.5. The molecule has 24 heavy (non-hydrogen) atoms. The highest BCUT2D eigenvalue weighted by Gasteiger charge is 2.62. The van der Waals surface area contributed by atoms with Gasteiger partial charge in [0.25, 0.3) is 0 Å². The number of hydrogen-bond acceptors (Lipinski definition) is 3. The van der Waals surface area contributed by atoms with Crippen LogP contribution < -0.4 is 5.32 Å². The van der Waals surface area contributed by atoms with Crippen LogP contribution in [0.4, 0.5) is 18.0 Å². The number of aryl methyl sites for hydroxylation is 1. The molecule has 0 unspecified atom stereocenters. The molecule has 0 aromatic carbocycles. The summed E-state index contributed by atoms with van der Waals surface area (Å²) < 4.78 is 39.7. The standard InChI is InChI=1S/C16H17F3N4O/c1-11-2-3-12(8-21-11)13-9-23(10-22-13)14(24)20-7-6-15(4-5-15)16(17,18)19/h2-3,8-10H,4-7H2,1H3,(H,20,24). The lowest BCUT2D eigenvalue weighted by atomic mass is 10.0. The lowest BCUT2D eigenvalue weighted by Crippen LogP contribution is -2.33. The van der Waals surface area contributed by atoms with E-state index in [9.17, 15) is 18.0 Å². The summed E-state index contributed by atoms with van der Waals surface area (Å²) in [5.41, 5.74) is 0.607. The molecule has 0 bridgehead atoms. The highest BCUT2D eigenvalue weighted by Crippen LogP contribution is 2.59. The molecule has 1 aliphatic rings. The average Bonchev–Trinajstić information content (AvgIpc) is 3.16. The first-order valence-electron chi connectivity index (χ1n) is 7.63. The fourth-order valence-electron chi connectivity index (χ4n) is 2.53. The number of nitrogens with zero attached hydrogens (tertiary/aromatic N) is 3. The van der Waals surface area contributed by atoms with Gasteiger partial charge in [0.05, 0.1) is 11.1 Å². The Hall–Kier alpha value is -2.38. The quantitative estimate of drug-likeness (QED) is 0.927. The van der Waals surface area contributed by atoms with Crippen LogP contribution in [0.25, 0.3) is 11.3 Å². The Bertz CT molecular complexity index is 733. The van der Waals surface area contributed by atoms with Gasteiger partial charge in [0, 0.05) is 30.2 Å². The molecular weight excluding hydrogens is 321 g/mol. The van der Waals surface area contributed by atoms with E-state index in [4.69, 9.17) is 0 Å². The summed E-state index contributed by atoms with van der Waals surface area (Å²) in [6.07, 6.45) is 0.508. The van der Waals surface area contributed by atoms with Gasteiger partial charge in [-0.1, -0.05) is 0 Å². The largest absolute Gasteiger partial charge is 0.394 e. The molecule has 1 aliphatic carbocycles. The van der Waals surface area contributed by atoms with Crippen LogP contribution in [0, 0.1) is 12.3 Å². The first-order valence-corrected chi connectivity index (χ1v) is 7.63. The Morgan fingerprint density at radius 1 is 1.33 bits per heavy atom. The number of rotatable bonds is 4. The van der Waals surface area contributed by atoms with Gasteiger partial charge in [-0.05, 0) is 38.3 Å². The topological polar surface area (TPSA) is 59.8 Å². The Balaban J connectivity index is 1.57. The van der Waals surface area contributed by atoms with Gasteiger partial charge in [0.15, 0.2) is 0 Å². The van der Waals surface area contributed by atoms with E-state index in [0.29, 0.717) is 5.69 Å². The molecule has 8 heteroatoms. The van der Waals surface area contributed by atoms with E-state index in [-0.39, 0.29) is 25.8 Å². The molecule has 2 aromatic heterocycles. The van der Waals surface area contributed by atoms with Crippen LogP contribution in [0.3, 0.4) is 0 Å². The van der Waals surface area contributed by atoms with Crippen molar-refractivity contribution in [2.24, 2.45) is 5.41 Å². The summed E-state index contributed by atoms with van der Waals surface area (Å²) in [6.45, 7) is 1.85. The number of halogens is 3. The van der Waals surface area contributed by atoms with Gasteiger partial charge in [-0.2, -0.15) is 13.2 Å². The molecule has 1 N–H and O–H groups in total. The van der Waals surface area contributed by atoms with E-state index >= 15 is 0 Å². The minimum atomic E-state index is -4.20. The molecule has 0 atom stereocenters. The maximum absolute atomic E-state index is 12.8. The molecule has 0 spiro atoms. The predicted molar refractivity (Wildman–Crippen MR) is 81.3 cm³/mol. The molecule has 5 nitrogen and oxygen atoms in total. The van der Waals surface area contributed by atoms with Gasteiger partial charge in [-0.3, -0.25) is 9.55 Å². The number of carbonyl (C=O) groups excluding carboxylic acids is 1. The molecule has 0 saturated heterocycles. The summed E-state index contributed by atoms with van der Waals surface area (Å²) in [5, 5.41) is 2.51. The zero-order chi connectivity index (χ0) is 17.4.